The Morgan fingerprint density at radius 2 is 1.47 bits per heavy atom. The molecule has 1 aliphatic heterocycles. The third-order valence-corrected chi connectivity index (χ3v) is 3.89. The van der Waals surface area contributed by atoms with E-state index in [1.54, 1.807) is 0 Å². The minimum absolute atomic E-state index is 0. The number of hydrogen-bond donors (Lipinski definition) is 1. The molecule has 0 spiro atoms. The molecular formula is C12H25ClN2. The molecule has 1 N–H and O–H groups in total. The van der Waals surface area contributed by atoms with E-state index in [1.165, 1.54) is 45.2 Å². The van der Waals surface area contributed by atoms with Gasteiger partial charge in [0.1, 0.15) is 0 Å². The molecule has 0 aromatic heterocycles. The molecule has 2 aliphatic rings. The van der Waals surface area contributed by atoms with Crippen molar-refractivity contribution >= 4 is 12.4 Å². The fourth-order valence-corrected chi connectivity index (χ4v) is 3.25. The zero-order valence-corrected chi connectivity index (χ0v) is 10.9. The van der Waals surface area contributed by atoms with Gasteiger partial charge in [-0.15, -0.1) is 12.4 Å². The fourth-order valence-electron chi connectivity index (χ4n) is 3.25. The molecule has 2 rings (SSSR count). The lowest BCUT2D eigenvalue weighted by molar-refractivity contribution is 0.0477. The average molecular weight is 233 g/mol. The predicted molar refractivity (Wildman–Crippen MR) is 67.8 cm³/mol. The molecule has 2 fully saturated rings. The van der Waals surface area contributed by atoms with Gasteiger partial charge in [-0.3, -0.25) is 4.90 Å². The summed E-state index contributed by atoms with van der Waals surface area (Å²) in [5.74, 6) is 0. The number of halogens is 1. The summed E-state index contributed by atoms with van der Waals surface area (Å²) in [6.45, 7) is 7.11. The fraction of sp³-hybridized carbons (Fsp3) is 1.00. The Morgan fingerprint density at radius 1 is 0.933 bits per heavy atom. The van der Waals surface area contributed by atoms with Crippen molar-refractivity contribution in [2.24, 2.45) is 0 Å². The highest BCUT2D eigenvalue weighted by Crippen LogP contribution is 2.26. The first kappa shape index (κ1) is 13.3. The second kappa shape index (κ2) is 6.07. The maximum absolute atomic E-state index is 3.51. The van der Waals surface area contributed by atoms with Crippen molar-refractivity contribution in [1.29, 1.82) is 0 Å². The Labute approximate surface area is 100 Å². The first-order valence-electron chi connectivity index (χ1n) is 6.27. The van der Waals surface area contributed by atoms with E-state index in [1.807, 2.05) is 0 Å². The second-order valence-corrected chi connectivity index (χ2v) is 5.10. The maximum Gasteiger partial charge on any atom is 0.0198 e. The molecule has 1 aliphatic carbocycles. The summed E-state index contributed by atoms with van der Waals surface area (Å²) in [6, 6.07) is 2.36. The smallest absolute Gasteiger partial charge is 0.0198 e. The van der Waals surface area contributed by atoms with Crippen LogP contribution in [-0.4, -0.2) is 36.1 Å². The number of piperazine rings is 1. The number of rotatable bonds is 1. The maximum atomic E-state index is 3.51. The van der Waals surface area contributed by atoms with E-state index in [0.29, 0.717) is 0 Å². The van der Waals surface area contributed by atoms with Crippen molar-refractivity contribution in [3.05, 3.63) is 0 Å². The van der Waals surface area contributed by atoms with Crippen LogP contribution in [0.15, 0.2) is 0 Å². The molecule has 0 radical (unpaired) electrons. The van der Waals surface area contributed by atoms with Gasteiger partial charge < -0.3 is 5.32 Å². The van der Waals surface area contributed by atoms with Crippen LogP contribution in [0.25, 0.3) is 0 Å². The third kappa shape index (κ3) is 3.08. The monoisotopic (exact) mass is 232 g/mol. The molecule has 0 amide bonds. The Bertz CT molecular complexity index is 170. The second-order valence-electron chi connectivity index (χ2n) is 5.10. The van der Waals surface area contributed by atoms with Gasteiger partial charge in [-0.2, -0.15) is 0 Å². The molecule has 0 aromatic rings. The number of hydrogen-bond acceptors (Lipinski definition) is 2. The van der Waals surface area contributed by atoms with Gasteiger partial charge in [0, 0.05) is 31.2 Å². The van der Waals surface area contributed by atoms with E-state index in [0.717, 1.165) is 18.1 Å². The van der Waals surface area contributed by atoms with Crippen LogP contribution in [0.3, 0.4) is 0 Å². The van der Waals surface area contributed by atoms with Gasteiger partial charge in [-0.25, -0.2) is 0 Å². The van der Waals surface area contributed by atoms with E-state index in [9.17, 15) is 0 Å². The van der Waals surface area contributed by atoms with Crippen molar-refractivity contribution in [2.75, 3.05) is 13.1 Å². The van der Waals surface area contributed by atoms with E-state index in [2.05, 4.69) is 24.1 Å². The van der Waals surface area contributed by atoms with Gasteiger partial charge in [0.25, 0.3) is 0 Å². The molecule has 0 bridgehead atoms. The van der Waals surface area contributed by atoms with Gasteiger partial charge in [0.05, 0.1) is 0 Å². The van der Waals surface area contributed by atoms with Gasteiger partial charge in [-0.05, 0) is 26.7 Å². The highest BCUT2D eigenvalue weighted by Gasteiger charge is 2.31. The molecular weight excluding hydrogens is 208 g/mol. The normalized spacial score (nSPS) is 34.8. The molecule has 90 valence electrons. The van der Waals surface area contributed by atoms with Crippen LogP contribution < -0.4 is 5.32 Å². The molecule has 1 heterocycles. The zero-order chi connectivity index (χ0) is 9.97. The average Bonchev–Trinajstić information content (AvgIpc) is 2.19. The highest BCUT2D eigenvalue weighted by atomic mass is 35.5. The lowest BCUT2D eigenvalue weighted by Crippen LogP contribution is -2.58. The summed E-state index contributed by atoms with van der Waals surface area (Å²) in [7, 11) is 0. The van der Waals surface area contributed by atoms with E-state index in [-0.39, 0.29) is 12.4 Å². The molecule has 3 heteroatoms. The topological polar surface area (TPSA) is 15.3 Å². The number of nitrogens with zero attached hydrogens (tertiary/aromatic N) is 1. The van der Waals surface area contributed by atoms with Crippen LogP contribution in [0.4, 0.5) is 0 Å². The first-order valence-corrected chi connectivity index (χ1v) is 6.27. The zero-order valence-electron chi connectivity index (χ0n) is 10.0. The summed E-state index contributed by atoms with van der Waals surface area (Å²) >= 11 is 0. The Kier molecular flexibility index (Phi) is 5.37. The SMILES string of the molecule is C[C@@H]1CNC[C@H](C)N1C1CCCCC1.Cl. The minimum atomic E-state index is 0. The third-order valence-electron chi connectivity index (χ3n) is 3.89. The quantitative estimate of drug-likeness (QED) is 0.747. The summed E-state index contributed by atoms with van der Waals surface area (Å²) in [5.41, 5.74) is 0. The molecule has 0 aromatic carbocycles. The van der Waals surface area contributed by atoms with Crippen molar-refractivity contribution in [1.82, 2.24) is 10.2 Å². The largest absolute Gasteiger partial charge is 0.314 e. The van der Waals surface area contributed by atoms with E-state index in [4.69, 9.17) is 0 Å². The molecule has 2 nitrogen and oxygen atoms in total. The summed E-state index contributed by atoms with van der Waals surface area (Å²) in [6.07, 6.45) is 7.25. The van der Waals surface area contributed by atoms with Crippen LogP contribution in [0.5, 0.6) is 0 Å². The van der Waals surface area contributed by atoms with E-state index < -0.39 is 0 Å². The van der Waals surface area contributed by atoms with Crippen LogP contribution in [0, 0.1) is 0 Å². The van der Waals surface area contributed by atoms with Crippen molar-refractivity contribution in [3.8, 4) is 0 Å². The van der Waals surface area contributed by atoms with Gasteiger partial charge in [0.15, 0.2) is 0 Å². The molecule has 1 saturated carbocycles. The van der Waals surface area contributed by atoms with Crippen molar-refractivity contribution < 1.29 is 0 Å². The van der Waals surface area contributed by atoms with Gasteiger partial charge >= 0.3 is 0 Å². The van der Waals surface area contributed by atoms with Crippen molar-refractivity contribution in [2.45, 2.75) is 64.1 Å². The summed E-state index contributed by atoms with van der Waals surface area (Å²) in [5, 5.41) is 3.51. The van der Waals surface area contributed by atoms with Crippen LogP contribution in [0.2, 0.25) is 0 Å². The van der Waals surface area contributed by atoms with E-state index >= 15 is 0 Å². The highest BCUT2D eigenvalue weighted by molar-refractivity contribution is 5.85. The first-order chi connectivity index (χ1) is 6.79. The van der Waals surface area contributed by atoms with Gasteiger partial charge in [0.2, 0.25) is 0 Å². The van der Waals surface area contributed by atoms with Crippen molar-refractivity contribution in [3.63, 3.8) is 0 Å². The lowest BCUT2D eigenvalue weighted by atomic mass is 9.91. The molecule has 1 saturated heterocycles. The number of nitrogens with one attached hydrogen (secondary N) is 1. The van der Waals surface area contributed by atoms with Gasteiger partial charge in [-0.1, -0.05) is 19.3 Å². The Balaban J connectivity index is 0.00000112. The Hall–Kier alpha value is 0.210. The summed E-state index contributed by atoms with van der Waals surface area (Å²) in [4.78, 5) is 2.77. The Morgan fingerprint density at radius 3 is 2.00 bits per heavy atom. The standard InChI is InChI=1S/C12H24N2.ClH/c1-10-8-13-9-11(2)14(10)12-6-4-3-5-7-12;/h10-13H,3-9H2,1-2H3;1H/t10-,11+;. The molecule has 15 heavy (non-hydrogen) atoms. The van der Waals surface area contributed by atoms with Crippen LogP contribution in [0.1, 0.15) is 46.0 Å². The van der Waals surface area contributed by atoms with Crippen LogP contribution >= 0.6 is 12.4 Å². The predicted octanol–water partition coefficient (Wildman–Crippen LogP) is 2.42. The minimum Gasteiger partial charge on any atom is -0.314 e. The molecule has 2 atom stereocenters. The van der Waals surface area contributed by atoms with Crippen LogP contribution in [-0.2, 0) is 0 Å². The lowest BCUT2D eigenvalue weighted by Gasteiger charge is -2.45. The molecule has 0 unspecified atom stereocenters. The summed E-state index contributed by atoms with van der Waals surface area (Å²) < 4.78 is 0.